The number of aryl methyl sites for hydroxylation is 1. The average Bonchev–Trinajstić information content (AvgIpc) is 3.60. The lowest BCUT2D eigenvalue weighted by Crippen LogP contribution is -2.37. The smallest absolute Gasteiger partial charge is 0.433 e. The van der Waals surface area contributed by atoms with Gasteiger partial charge in [0.15, 0.2) is 6.23 Å². The van der Waals surface area contributed by atoms with Gasteiger partial charge in [0.25, 0.3) is 5.91 Å². The molecule has 3 heterocycles. The molecule has 0 saturated heterocycles. The highest BCUT2D eigenvalue weighted by molar-refractivity contribution is 6.11. The Labute approximate surface area is 322 Å². The number of halogens is 3. The van der Waals surface area contributed by atoms with Crippen molar-refractivity contribution < 1.29 is 37.3 Å². The summed E-state index contributed by atoms with van der Waals surface area (Å²) in [5.41, 5.74) is 2.23. The maximum atomic E-state index is 13.2. The number of alkyl halides is 3. The van der Waals surface area contributed by atoms with Gasteiger partial charge in [-0.25, -0.2) is 4.98 Å². The van der Waals surface area contributed by atoms with Crippen LogP contribution in [0.25, 0.3) is 10.9 Å². The topological polar surface area (TPSA) is 140 Å². The van der Waals surface area contributed by atoms with Crippen LogP contribution >= 0.6 is 0 Å². The molecule has 1 atom stereocenters. The highest BCUT2D eigenvalue weighted by Crippen LogP contribution is 2.36. The maximum Gasteiger partial charge on any atom is 0.433 e. The summed E-state index contributed by atoms with van der Waals surface area (Å²) in [6.45, 7) is 1.97. The molecule has 1 saturated carbocycles. The molecule has 5 aromatic rings. The van der Waals surface area contributed by atoms with Crippen molar-refractivity contribution in [2.45, 2.75) is 76.2 Å². The van der Waals surface area contributed by atoms with Crippen LogP contribution in [0.15, 0.2) is 79.0 Å². The minimum absolute atomic E-state index is 0.155. The molecule has 0 spiro atoms. The number of aliphatic hydroxyl groups is 1. The van der Waals surface area contributed by atoms with Crippen molar-refractivity contribution in [2.24, 2.45) is 5.92 Å². The first-order valence-corrected chi connectivity index (χ1v) is 19.0. The third-order valence-electron chi connectivity index (χ3n) is 10.5. The van der Waals surface area contributed by atoms with Crippen LogP contribution in [0.3, 0.4) is 0 Å². The number of hydrogen-bond acceptors (Lipinski definition) is 9. The highest BCUT2D eigenvalue weighted by Gasteiger charge is 2.33. The molecule has 56 heavy (non-hydrogen) atoms. The molecule has 1 aliphatic heterocycles. The van der Waals surface area contributed by atoms with Crippen molar-refractivity contribution in [3.8, 4) is 17.2 Å². The van der Waals surface area contributed by atoms with Gasteiger partial charge in [0, 0.05) is 17.6 Å². The fraction of sp³-hybridized carbons (Fsp3) is 0.381. The van der Waals surface area contributed by atoms with Crippen LogP contribution in [0, 0.1) is 5.92 Å². The van der Waals surface area contributed by atoms with Crippen molar-refractivity contribution in [3.63, 3.8) is 0 Å². The number of aliphatic hydroxyl groups excluding tert-OH is 1. The Kier molecular flexibility index (Phi) is 11.9. The van der Waals surface area contributed by atoms with Gasteiger partial charge in [-0.3, -0.25) is 19.6 Å². The molecule has 2 amide bonds. The van der Waals surface area contributed by atoms with Crippen LogP contribution in [0.5, 0.6) is 17.2 Å². The van der Waals surface area contributed by atoms with E-state index in [1.165, 1.54) is 24.8 Å². The fourth-order valence-corrected chi connectivity index (χ4v) is 7.52. The minimum atomic E-state index is -4.62. The fourth-order valence-electron chi connectivity index (χ4n) is 7.52. The number of carbonyl (C=O) groups is 2. The molecule has 2 aliphatic rings. The van der Waals surface area contributed by atoms with Gasteiger partial charge in [0.1, 0.15) is 22.9 Å². The Balaban J connectivity index is 0.813. The van der Waals surface area contributed by atoms with E-state index in [9.17, 15) is 27.9 Å². The maximum absolute atomic E-state index is 13.2. The van der Waals surface area contributed by atoms with E-state index < -0.39 is 24.0 Å². The van der Waals surface area contributed by atoms with Crippen molar-refractivity contribution in [1.82, 2.24) is 25.4 Å². The Bertz CT molecular complexity index is 2160. The molecule has 7 rings (SSSR count). The number of hydrogen-bond donors (Lipinski definition) is 4. The van der Waals surface area contributed by atoms with Crippen LogP contribution in [0.2, 0.25) is 0 Å². The summed E-state index contributed by atoms with van der Waals surface area (Å²) in [7, 11) is 1.49. The van der Waals surface area contributed by atoms with Crippen molar-refractivity contribution in [1.29, 1.82) is 0 Å². The lowest BCUT2D eigenvalue weighted by atomic mass is 9.86. The zero-order chi connectivity index (χ0) is 39.2. The first-order valence-electron chi connectivity index (χ1n) is 19.0. The molecule has 0 radical (unpaired) electrons. The van der Waals surface area contributed by atoms with Gasteiger partial charge in [-0.05, 0) is 111 Å². The number of carbonyl (C=O) groups excluding carboxylic acids is 2. The first kappa shape index (κ1) is 38.8. The first-order chi connectivity index (χ1) is 27.0. The zero-order valence-corrected chi connectivity index (χ0v) is 31.1. The molecular formula is C42H45F3N6O5. The molecule has 1 unspecified atom stereocenters. The summed E-state index contributed by atoms with van der Waals surface area (Å²) in [5.74, 6) is 1.36. The van der Waals surface area contributed by atoms with Gasteiger partial charge in [-0.1, -0.05) is 36.8 Å². The van der Waals surface area contributed by atoms with Gasteiger partial charge >= 0.3 is 6.18 Å². The van der Waals surface area contributed by atoms with E-state index in [0.717, 1.165) is 81.4 Å². The second kappa shape index (κ2) is 17.1. The lowest BCUT2D eigenvalue weighted by molar-refractivity contribution is -0.141. The number of fused-ring (bicyclic) bond motifs is 2. The number of imide groups is 1. The summed E-state index contributed by atoms with van der Waals surface area (Å²) >= 11 is 0. The van der Waals surface area contributed by atoms with Crippen molar-refractivity contribution in [3.05, 3.63) is 107 Å². The number of ether oxygens (including phenoxy) is 2. The summed E-state index contributed by atoms with van der Waals surface area (Å²) in [5, 5.41) is 25.2. The lowest BCUT2D eigenvalue weighted by Gasteiger charge is -2.28. The van der Waals surface area contributed by atoms with E-state index in [1.807, 2.05) is 23.0 Å². The van der Waals surface area contributed by atoms with E-state index >= 15 is 0 Å². The number of anilines is 1. The largest absolute Gasteiger partial charge is 0.495 e. The van der Waals surface area contributed by atoms with Gasteiger partial charge in [0.2, 0.25) is 5.91 Å². The molecule has 4 N–H and O–H groups in total. The van der Waals surface area contributed by atoms with Gasteiger partial charge in [-0.2, -0.15) is 18.3 Å². The Morgan fingerprint density at radius 1 is 0.964 bits per heavy atom. The predicted octanol–water partition coefficient (Wildman–Crippen LogP) is 7.90. The second-order valence-corrected chi connectivity index (χ2v) is 14.5. The van der Waals surface area contributed by atoms with E-state index in [1.54, 1.807) is 30.3 Å². The minimum Gasteiger partial charge on any atom is -0.495 e. The molecule has 0 bridgehead atoms. The summed E-state index contributed by atoms with van der Waals surface area (Å²) in [4.78, 5) is 27.7. The monoisotopic (exact) mass is 770 g/mol. The van der Waals surface area contributed by atoms with E-state index in [2.05, 4.69) is 33.1 Å². The number of nitrogens with zero attached hydrogens (tertiary/aromatic N) is 3. The third-order valence-corrected chi connectivity index (χ3v) is 10.5. The second-order valence-electron chi connectivity index (χ2n) is 14.5. The van der Waals surface area contributed by atoms with Gasteiger partial charge < -0.3 is 25.2 Å². The SMILES string of the molecule is COc1cc2nn([C@H]3CC[C@H](CNCCCCCc4ccc(Oc5cccc6c5C(=O)NC(=O)C6)cc4)CC3)cc2cc1NC(O)c1cccc(C(F)(F)F)n1. The van der Waals surface area contributed by atoms with Crippen molar-refractivity contribution >= 4 is 28.4 Å². The average molecular weight is 771 g/mol. The standard InChI is InChI=1S/C42H45F3N6O5/c1-55-36-23-33-29(21-34(36)48-40(53)32-9-6-11-37(47-32)42(43,44)45)25-51(50-33)30-16-12-27(13-17-30)24-46-20-4-2-3-7-26-14-18-31(19-15-26)56-35-10-5-8-28-22-38(52)49-41(54)39(28)35/h5-6,8-11,14-15,18-19,21,23,25,27,30,40,46,48,53H,2-4,7,12-13,16-17,20,22,24H2,1H3,(H,49,52,54)/t27-,30-,40?. The Hall–Kier alpha value is -5.47. The number of unbranched alkanes of at least 4 members (excludes halogenated alkanes) is 2. The Morgan fingerprint density at radius 3 is 2.52 bits per heavy atom. The van der Waals surface area contributed by atoms with Crippen molar-refractivity contribution in [2.75, 3.05) is 25.5 Å². The molecule has 14 heteroatoms. The zero-order valence-electron chi connectivity index (χ0n) is 31.1. The van der Waals surface area contributed by atoms with Crippen LogP contribution in [-0.4, -0.2) is 51.9 Å². The van der Waals surface area contributed by atoms with Gasteiger partial charge in [-0.15, -0.1) is 0 Å². The van der Waals surface area contributed by atoms with Crippen LogP contribution in [0.4, 0.5) is 18.9 Å². The number of methoxy groups -OCH3 is 1. The number of benzene rings is 3. The molecule has 3 aromatic carbocycles. The highest BCUT2D eigenvalue weighted by atomic mass is 19.4. The van der Waals surface area contributed by atoms with E-state index in [4.69, 9.17) is 14.6 Å². The normalized spacial score (nSPS) is 17.7. The number of aromatic nitrogens is 3. The van der Waals surface area contributed by atoms with Crippen LogP contribution < -0.4 is 25.4 Å². The number of pyridine rings is 1. The third kappa shape index (κ3) is 9.31. The number of rotatable bonds is 15. The summed E-state index contributed by atoms with van der Waals surface area (Å²) < 4.78 is 53.0. The number of amides is 2. The molecule has 11 nitrogen and oxygen atoms in total. The van der Waals surface area contributed by atoms with Gasteiger partial charge in [0.05, 0.1) is 42.0 Å². The van der Waals surface area contributed by atoms with Crippen LogP contribution in [0.1, 0.15) is 90.1 Å². The predicted molar refractivity (Wildman–Crippen MR) is 205 cm³/mol. The van der Waals surface area contributed by atoms with E-state index in [0.29, 0.717) is 40.0 Å². The summed E-state index contributed by atoms with van der Waals surface area (Å²) in [6, 6.07) is 20.4. The quantitative estimate of drug-likeness (QED) is 0.0475. The van der Waals surface area contributed by atoms with E-state index in [-0.39, 0.29) is 24.1 Å². The van der Waals surface area contributed by atoms with Crippen LogP contribution in [-0.2, 0) is 23.8 Å². The molecule has 294 valence electrons. The molecular weight excluding hydrogens is 725 g/mol. The molecule has 1 aliphatic carbocycles. The molecule has 1 fully saturated rings. The molecule has 2 aromatic heterocycles. The Morgan fingerprint density at radius 2 is 1.75 bits per heavy atom. The number of nitrogens with one attached hydrogen (secondary N) is 3. The summed E-state index contributed by atoms with van der Waals surface area (Å²) in [6.07, 6.45) is 4.54.